The molecule has 5 nitrogen and oxygen atoms in total. The van der Waals surface area contributed by atoms with Crippen LogP contribution in [0.3, 0.4) is 0 Å². The van der Waals surface area contributed by atoms with Gasteiger partial charge in [0.1, 0.15) is 6.10 Å². The highest BCUT2D eigenvalue weighted by Gasteiger charge is 2.53. The molecule has 0 saturated heterocycles. The first-order chi connectivity index (χ1) is 15.1. The lowest BCUT2D eigenvalue weighted by molar-refractivity contribution is -0.148. The van der Waals surface area contributed by atoms with E-state index in [-0.39, 0.29) is 17.1 Å². The van der Waals surface area contributed by atoms with Crippen molar-refractivity contribution in [2.75, 3.05) is 0 Å². The molecule has 176 valence electrons. The molecule has 8 atom stereocenters. The summed E-state index contributed by atoms with van der Waals surface area (Å²) in [6.45, 7) is 7.47. The predicted molar refractivity (Wildman–Crippen MR) is 123 cm³/mol. The number of rotatable bonds is 4. The summed E-state index contributed by atoms with van der Waals surface area (Å²) < 4.78 is 5.35. The summed E-state index contributed by atoms with van der Waals surface area (Å²) in [7, 11) is 0. The van der Waals surface area contributed by atoms with Crippen LogP contribution in [0, 0.1) is 29.1 Å². The molecular formula is C27H38O5. The van der Waals surface area contributed by atoms with Gasteiger partial charge in [-0.1, -0.05) is 29.7 Å². The van der Waals surface area contributed by atoms with Crippen molar-refractivity contribution in [3.8, 4) is 0 Å². The van der Waals surface area contributed by atoms with Gasteiger partial charge in [0, 0.05) is 18.8 Å². The Kier molecular flexibility index (Phi) is 6.52. The largest absolute Gasteiger partial charge is 0.456 e. The number of aliphatic hydroxyl groups excluding tert-OH is 2. The monoisotopic (exact) mass is 442 g/mol. The van der Waals surface area contributed by atoms with E-state index in [1.54, 1.807) is 6.92 Å². The average molecular weight is 443 g/mol. The predicted octanol–water partition coefficient (Wildman–Crippen LogP) is 4.28. The first kappa shape index (κ1) is 23.4. The molecule has 4 rings (SSSR count). The van der Waals surface area contributed by atoms with Gasteiger partial charge in [0.15, 0.2) is 5.78 Å². The van der Waals surface area contributed by atoms with Crippen LogP contribution in [-0.4, -0.2) is 40.3 Å². The Morgan fingerprint density at radius 2 is 2.03 bits per heavy atom. The molecule has 0 aliphatic heterocycles. The summed E-state index contributed by atoms with van der Waals surface area (Å²) >= 11 is 0. The van der Waals surface area contributed by atoms with Crippen LogP contribution < -0.4 is 0 Å². The van der Waals surface area contributed by atoms with Crippen molar-refractivity contribution in [3.63, 3.8) is 0 Å². The van der Waals surface area contributed by atoms with E-state index in [9.17, 15) is 19.8 Å². The highest BCUT2D eigenvalue weighted by molar-refractivity contribution is 5.93. The summed E-state index contributed by atoms with van der Waals surface area (Å²) in [4.78, 5) is 24.6. The lowest BCUT2D eigenvalue weighted by atomic mass is 9.58. The SMILES string of the molecule is CC(=O)OC(/C=C(\C)[C@H]1CC[C@H]2C3=CC(=O)[C@H]4CC(=CC[C@H](O)C4)[C@H]3CC[C@]12C)C(C)O. The van der Waals surface area contributed by atoms with Gasteiger partial charge in [-0.05, 0) is 88.2 Å². The van der Waals surface area contributed by atoms with Crippen LogP contribution >= 0.6 is 0 Å². The lowest BCUT2D eigenvalue weighted by Gasteiger charge is -2.46. The second-order valence-electron chi connectivity index (χ2n) is 10.9. The minimum atomic E-state index is -0.762. The van der Waals surface area contributed by atoms with Gasteiger partial charge in [0.05, 0.1) is 12.2 Å². The summed E-state index contributed by atoms with van der Waals surface area (Å²) in [5.74, 6) is 0.752. The fourth-order valence-electron chi connectivity index (χ4n) is 7.13. The van der Waals surface area contributed by atoms with Crippen LogP contribution in [0.15, 0.2) is 34.9 Å². The van der Waals surface area contributed by atoms with Crippen LogP contribution in [0.1, 0.15) is 72.6 Å². The highest BCUT2D eigenvalue weighted by Crippen LogP contribution is 2.62. The third kappa shape index (κ3) is 4.26. The van der Waals surface area contributed by atoms with Gasteiger partial charge in [0.25, 0.3) is 0 Å². The van der Waals surface area contributed by atoms with E-state index in [4.69, 9.17) is 4.74 Å². The molecule has 2 fully saturated rings. The van der Waals surface area contributed by atoms with Gasteiger partial charge in [-0.3, -0.25) is 9.59 Å². The smallest absolute Gasteiger partial charge is 0.303 e. The minimum Gasteiger partial charge on any atom is -0.456 e. The Bertz CT molecular complexity index is 865. The number of hydrogen-bond acceptors (Lipinski definition) is 5. The number of aliphatic hydroxyl groups is 2. The zero-order valence-corrected chi connectivity index (χ0v) is 19.8. The van der Waals surface area contributed by atoms with Crippen LogP contribution in [0.4, 0.5) is 0 Å². The van der Waals surface area contributed by atoms with Crippen molar-refractivity contribution < 1.29 is 24.5 Å². The van der Waals surface area contributed by atoms with E-state index in [0.29, 0.717) is 30.6 Å². The summed E-state index contributed by atoms with van der Waals surface area (Å²) in [6.07, 6.45) is 10.5. The molecule has 0 aromatic rings. The van der Waals surface area contributed by atoms with Gasteiger partial charge in [-0.2, -0.15) is 0 Å². The van der Waals surface area contributed by atoms with Crippen LogP contribution in [0.5, 0.6) is 0 Å². The highest BCUT2D eigenvalue weighted by atomic mass is 16.6. The topological polar surface area (TPSA) is 83.8 Å². The molecule has 2 bridgehead atoms. The Morgan fingerprint density at radius 3 is 2.72 bits per heavy atom. The van der Waals surface area contributed by atoms with E-state index in [0.717, 1.165) is 32.1 Å². The quantitative estimate of drug-likeness (QED) is 0.501. The number of hydrogen-bond donors (Lipinski definition) is 2. The number of ketones is 1. The first-order valence-electron chi connectivity index (χ1n) is 12.3. The van der Waals surface area contributed by atoms with Crippen LogP contribution in [0.25, 0.3) is 0 Å². The number of carbonyl (C=O) groups is 2. The van der Waals surface area contributed by atoms with E-state index in [2.05, 4.69) is 19.9 Å². The number of fused-ring (bicyclic) bond motifs is 6. The van der Waals surface area contributed by atoms with Crippen molar-refractivity contribution in [1.29, 1.82) is 0 Å². The van der Waals surface area contributed by atoms with Crippen molar-refractivity contribution in [2.45, 2.75) is 91.0 Å². The normalized spacial score (nSPS) is 39.0. The average Bonchev–Trinajstić information content (AvgIpc) is 2.86. The molecule has 4 aliphatic carbocycles. The van der Waals surface area contributed by atoms with Gasteiger partial charge in [0.2, 0.25) is 0 Å². The van der Waals surface area contributed by atoms with E-state index in [1.165, 1.54) is 23.6 Å². The third-order valence-electron chi connectivity index (χ3n) is 8.72. The minimum absolute atomic E-state index is 0.0528. The zero-order chi connectivity index (χ0) is 23.2. The van der Waals surface area contributed by atoms with Gasteiger partial charge >= 0.3 is 5.97 Å². The van der Waals surface area contributed by atoms with Crippen LogP contribution in [-0.2, 0) is 14.3 Å². The van der Waals surface area contributed by atoms with E-state index < -0.39 is 24.3 Å². The maximum atomic E-state index is 13.1. The summed E-state index contributed by atoms with van der Waals surface area (Å²) in [6, 6.07) is 0. The number of allylic oxidation sites excluding steroid dienone is 4. The Hall–Kier alpha value is -1.72. The molecule has 0 radical (unpaired) electrons. The summed E-state index contributed by atoms with van der Waals surface area (Å²) in [5.41, 5.74) is 3.90. The second kappa shape index (κ2) is 8.90. The van der Waals surface area contributed by atoms with Gasteiger partial charge < -0.3 is 14.9 Å². The Labute approximate surface area is 191 Å². The molecule has 4 aliphatic rings. The van der Waals surface area contributed by atoms with Crippen molar-refractivity contribution in [2.24, 2.45) is 29.1 Å². The van der Waals surface area contributed by atoms with Gasteiger partial charge in [-0.25, -0.2) is 0 Å². The molecule has 2 N–H and O–H groups in total. The maximum Gasteiger partial charge on any atom is 0.303 e. The van der Waals surface area contributed by atoms with E-state index >= 15 is 0 Å². The fourth-order valence-corrected chi connectivity index (χ4v) is 7.13. The standard InChI is InChI=1S/C27H38O5/c1-15(11-26(16(2)28)32-17(3)29)23-7-8-24-22-14-25(31)19-12-18(5-6-20(30)13-19)21(22)9-10-27(23,24)4/h5,11,14,16,19-21,23-24,26,28,30H,6-10,12-13H2,1-4H3/b15-11+/t16?,19-,20-,21+,23+,24-,26?,27+/m0/s1. The first-order valence-corrected chi connectivity index (χ1v) is 12.3. The fraction of sp³-hybridized carbons (Fsp3) is 0.704. The van der Waals surface area contributed by atoms with Crippen molar-refractivity contribution in [1.82, 2.24) is 0 Å². The molecule has 0 spiro atoms. The molecule has 0 aromatic carbocycles. The van der Waals surface area contributed by atoms with E-state index in [1.807, 2.05) is 12.2 Å². The third-order valence-corrected chi connectivity index (χ3v) is 8.72. The van der Waals surface area contributed by atoms with Crippen molar-refractivity contribution >= 4 is 11.8 Å². The molecule has 0 aromatic heterocycles. The second-order valence-corrected chi connectivity index (χ2v) is 10.9. The lowest BCUT2D eigenvalue weighted by Crippen LogP contribution is -2.38. The molecule has 5 heteroatoms. The molecule has 2 unspecified atom stereocenters. The molecule has 0 heterocycles. The molecule has 32 heavy (non-hydrogen) atoms. The number of ether oxygens (including phenoxy) is 1. The summed E-state index contributed by atoms with van der Waals surface area (Å²) in [5, 5.41) is 20.3. The zero-order valence-electron chi connectivity index (χ0n) is 19.8. The molecule has 0 amide bonds. The van der Waals surface area contributed by atoms with Gasteiger partial charge in [-0.15, -0.1) is 0 Å². The molecule has 2 saturated carbocycles. The molecular weight excluding hydrogens is 404 g/mol. The maximum absolute atomic E-state index is 13.1. The Morgan fingerprint density at radius 1 is 1.28 bits per heavy atom. The number of carbonyl (C=O) groups excluding carboxylic acids is 2. The van der Waals surface area contributed by atoms with Crippen LogP contribution in [0.2, 0.25) is 0 Å². The van der Waals surface area contributed by atoms with Crippen molar-refractivity contribution in [3.05, 3.63) is 34.9 Å². The Balaban J connectivity index is 1.63. The number of esters is 1.